The highest BCUT2D eigenvalue weighted by Gasteiger charge is 2.29. The molecule has 1 aromatic carbocycles. The van der Waals surface area contributed by atoms with E-state index in [-0.39, 0.29) is 0 Å². The molecule has 0 spiro atoms. The smallest absolute Gasteiger partial charge is 0.0719 e. The summed E-state index contributed by atoms with van der Waals surface area (Å²) in [6.07, 6.45) is 2.48. The van der Waals surface area contributed by atoms with Gasteiger partial charge in [-0.25, -0.2) is 0 Å². The van der Waals surface area contributed by atoms with Gasteiger partial charge in [-0.2, -0.15) is 5.10 Å². The van der Waals surface area contributed by atoms with Crippen molar-refractivity contribution in [3.05, 3.63) is 30.0 Å². The number of likely N-dealkylation sites (N-methyl/N-ethyl adjacent to an activating group) is 1. The summed E-state index contributed by atoms with van der Waals surface area (Å²) in [5, 5.41) is 9.58. The van der Waals surface area contributed by atoms with Crippen molar-refractivity contribution in [2.45, 2.75) is 45.4 Å². The summed E-state index contributed by atoms with van der Waals surface area (Å²) >= 11 is 0. The van der Waals surface area contributed by atoms with Crippen LogP contribution in [0, 0.1) is 5.92 Å². The molecule has 0 saturated carbocycles. The van der Waals surface area contributed by atoms with E-state index in [2.05, 4.69) is 48.1 Å². The Kier molecular flexibility index (Phi) is 4.27. The predicted octanol–water partition coefficient (Wildman–Crippen LogP) is 2.61. The normalized spacial score (nSPS) is 23.8. The van der Waals surface area contributed by atoms with Crippen LogP contribution in [0.1, 0.15) is 26.0 Å². The number of fused-ring (bicyclic) bond motifs is 1. The molecule has 3 atom stereocenters. The van der Waals surface area contributed by atoms with E-state index in [0.29, 0.717) is 18.1 Å². The van der Waals surface area contributed by atoms with E-state index in [1.807, 2.05) is 7.05 Å². The molecular formula is C17H25N3O. The Morgan fingerprint density at radius 2 is 2.24 bits per heavy atom. The molecule has 1 fully saturated rings. The molecule has 114 valence electrons. The Bertz CT molecular complexity index is 607. The first kappa shape index (κ1) is 14.5. The molecule has 0 amide bonds. The van der Waals surface area contributed by atoms with Crippen molar-refractivity contribution >= 4 is 10.9 Å². The van der Waals surface area contributed by atoms with Gasteiger partial charge in [0, 0.05) is 30.3 Å². The van der Waals surface area contributed by atoms with Crippen LogP contribution in [0.5, 0.6) is 0 Å². The van der Waals surface area contributed by atoms with Crippen molar-refractivity contribution in [2.24, 2.45) is 5.92 Å². The molecule has 1 saturated heterocycles. The van der Waals surface area contributed by atoms with Crippen LogP contribution >= 0.6 is 0 Å². The number of aromatic nitrogens is 2. The van der Waals surface area contributed by atoms with Crippen LogP contribution in [0.25, 0.3) is 10.9 Å². The topological polar surface area (TPSA) is 39.1 Å². The van der Waals surface area contributed by atoms with Gasteiger partial charge in [-0.3, -0.25) is 4.68 Å². The van der Waals surface area contributed by atoms with Gasteiger partial charge in [0.1, 0.15) is 0 Å². The number of hydrogen-bond acceptors (Lipinski definition) is 3. The van der Waals surface area contributed by atoms with E-state index >= 15 is 0 Å². The average molecular weight is 287 g/mol. The summed E-state index contributed by atoms with van der Waals surface area (Å²) in [6, 6.07) is 8.96. The molecule has 1 aliphatic rings. The Morgan fingerprint density at radius 3 is 2.90 bits per heavy atom. The fourth-order valence-electron chi connectivity index (χ4n) is 3.43. The minimum atomic E-state index is 0.385. The highest BCUT2D eigenvalue weighted by Crippen LogP contribution is 2.26. The third-order valence-corrected chi connectivity index (χ3v) is 4.62. The number of rotatable bonds is 5. The van der Waals surface area contributed by atoms with E-state index in [1.165, 1.54) is 16.6 Å². The van der Waals surface area contributed by atoms with Crippen molar-refractivity contribution in [2.75, 3.05) is 13.7 Å². The molecule has 1 aromatic heterocycles. The van der Waals surface area contributed by atoms with Crippen LogP contribution in [0.4, 0.5) is 0 Å². The fourth-order valence-corrected chi connectivity index (χ4v) is 3.43. The Labute approximate surface area is 126 Å². The number of benzene rings is 1. The van der Waals surface area contributed by atoms with Gasteiger partial charge in [0.05, 0.1) is 23.9 Å². The molecule has 0 aliphatic carbocycles. The van der Waals surface area contributed by atoms with E-state index in [1.54, 1.807) is 0 Å². The molecule has 1 N–H and O–H groups in total. The second-order valence-corrected chi connectivity index (χ2v) is 6.02. The number of hydrogen-bond donors (Lipinski definition) is 1. The van der Waals surface area contributed by atoms with E-state index in [4.69, 9.17) is 9.84 Å². The zero-order chi connectivity index (χ0) is 14.8. The van der Waals surface area contributed by atoms with Crippen molar-refractivity contribution < 1.29 is 4.74 Å². The number of para-hydroxylation sites is 1. The summed E-state index contributed by atoms with van der Waals surface area (Å²) in [5.41, 5.74) is 2.44. The van der Waals surface area contributed by atoms with Gasteiger partial charge in [0.2, 0.25) is 0 Å². The molecule has 0 bridgehead atoms. The maximum absolute atomic E-state index is 5.73. The maximum Gasteiger partial charge on any atom is 0.0719 e. The van der Waals surface area contributed by atoms with Gasteiger partial charge >= 0.3 is 0 Å². The van der Waals surface area contributed by atoms with Gasteiger partial charge in [0.25, 0.3) is 0 Å². The SMILES string of the molecule is CCn1nc(CC(NC)C2COC(C)C2)c2ccccc21. The van der Waals surface area contributed by atoms with Gasteiger partial charge < -0.3 is 10.1 Å². The van der Waals surface area contributed by atoms with E-state index in [0.717, 1.165) is 26.0 Å². The molecule has 1 aliphatic heterocycles. The van der Waals surface area contributed by atoms with Crippen LogP contribution in [0.2, 0.25) is 0 Å². The molecule has 2 aromatic rings. The standard InChI is InChI=1S/C17H25N3O/c1-4-20-17-8-6-5-7-14(17)16(19-20)10-15(18-3)13-9-12(2)21-11-13/h5-8,12-13,15,18H,4,9-11H2,1-3H3. The highest BCUT2D eigenvalue weighted by atomic mass is 16.5. The molecular weight excluding hydrogens is 262 g/mol. The van der Waals surface area contributed by atoms with E-state index in [9.17, 15) is 0 Å². The molecule has 21 heavy (non-hydrogen) atoms. The van der Waals surface area contributed by atoms with Crippen molar-refractivity contribution in [3.63, 3.8) is 0 Å². The fraction of sp³-hybridized carbons (Fsp3) is 0.588. The number of ether oxygens (including phenoxy) is 1. The average Bonchev–Trinajstić information content (AvgIpc) is 3.09. The van der Waals surface area contributed by atoms with Crippen LogP contribution in [-0.2, 0) is 17.7 Å². The lowest BCUT2D eigenvalue weighted by atomic mass is 9.92. The van der Waals surface area contributed by atoms with Crippen molar-refractivity contribution in [1.29, 1.82) is 0 Å². The van der Waals surface area contributed by atoms with E-state index < -0.39 is 0 Å². The minimum absolute atomic E-state index is 0.385. The Hall–Kier alpha value is -1.39. The summed E-state index contributed by atoms with van der Waals surface area (Å²) in [7, 11) is 2.05. The van der Waals surface area contributed by atoms with Gasteiger partial charge in [-0.15, -0.1) is 0 Å². The van der Waals surface area contributed by atoms with Crippen LogP contribution in [-0.4, -0.2) is 35.6 Å². The monoisotopic (exact) mass is 287 g/mol. The summed E-state index contributed by atoms with van der Waals surface area (Å²) in [4.78, 5) is 0. The molecule has 3 unspecified atom stereocenters. The van der Waals surface area contributed by atoms with Gasteiger partial charge in [-0.05, 0) is 33.4 Å². The maximum atomic E-state index is 5.73. The Balaban J connectivity index is 1.86. The highest BCUT2D eigenvalue weighted by molar-refractivity contribution is 5.82. The quantitative estimate of drug-likeness (QED) is 0.919. The predicted molar refractivity (Wildman–Crippen MR) is 85.5 cm³/mol. The summed E-state index contributed by atoms with van der Waals surface area (Å²) < 4.78 is 7.84. The van der Waals surface area contributed by atoms with Crippen LogP contribution in [0.15, 0.2) is 24.3 Å². The molecule has 2 heterocycles. The Morgan fingerprint density at radius 1 is 1.43 bits per heavy atom. The first-order valence-electron chi connectivity index (χ1n) is 7.96. The minimum Gasteiger partial charge on any atom is -0.378 e. The molecule has 0 radical (unpaired) electrons. The largest absolute Gasteiger partial charge is 0.378 e. The van der Waals surface area contributed by atoms with Gasteiger partial charge in [0.15, 0.2) is 0 Å². The molecule has 4 nitrogen and oxygen atoms in total. The van der Waals surface area contributed by atoms with Crippen LogP contribution in [0.3, 0.4) is 0 Å². The number of nitrogens with zero attached hydrogens (tertiary/aromatic N) is 2. The first-order chi connectivity index (χ1) is 10.2. The summed E-state index contributed by atoms with van der Waals surface area (Å²) in [5.74, 6) is 0.579. The lowest BCUT2D eigenvalue weighted by Crippen LogP contribution is -2.36. The molecule has 4 heteroatoms. The summed E-state index contributed by atoms with van der Waals surface area (Å²) in [6.45, 7) is 6.08. The van der Waals surface area contributed by atoms with Crippen LogP contribution < -0.4 is 5.32 Å². The van der Waals surface area contributed by atoms with Gasteiger partial charge in [-0.1, -0.05) is 18.2 Å². The lowest BCUT2D eigenvalue weighted by Gasteiger charge is -2.21. The zero-order valence-corrected chi connectivity index (χ0v) is 13.2. The number of aryl methyl sites for hydroxylation is 1. The first-order valence-corrected chi connectivity index (χ1v) is 7.96. The zero-order valence-electron chi connectivity index (χ0n) is 13.2. The molecule has 3 rings (SSSR count). The third-order valence-electron chi connectivity index (χ3n) is 4.62. The number of nitrogens with one attached hydrogen (secondary N) is 1. The second-order valence-electron chi connectivity index (χ2n) is 6.02. The van der Waals surface area contributed by atoms with Crippen molar-refractivity contribution in [3.8, 4) is 0 Å². The van der Waals surface area contributed by atoms with Crippen molar-refractivity contribution in [1.82, 2.24) is 15.1 Å². The third kappa shape index (κ3) is 2.83. The lowest BCUT2D eigenvalue weighted by molar-refractivity contribution is 0.117. The second kappa shape index (κ2) is 6.16.